The van der Waals surface area contributed by atoms with Crippen LogP contribution in [-0.4, -0.2) is 39.1 Å². The molecule has 2 amide bonds. The van der Waals surface area contributed by atoms with Gasteiger partial charge in [0.2, 0.25) is 5.91 Å². The van der Waals surface area contributed by atoms with Gasteiger partial charge in [-0.15, -0.1) is 0 Å². The van der Waals surface area contributed by atoms with Gasteiger partial charge in [-0.05, 0) is 49.4 Å². The number of benzene rings is 2. The number of aromatic nitrogens is 2. The fourth-order valence-corrected chi connectivity index (χ4v) is 5.21. The van der Waals surface area contributed by atoms with Gasteiger partial charge < -0.3 is 10.2 Å². The van der Waals surface area contributed by atoms with Crippen LogP contribution in [0.25, 0.3) is 0 Å². The summed E-state index contributed by atoms with van der Waals surface area (Å²) in [4.78, 5) is 28.8. The van der Waals surface area contributed by atoms with Crippen LogP contribution < -0.4 is 5.32 Å². The molecular formula is C25H26N4O2. The zero-order valence-electron chi connectivity index (χ0n) is 17.8. The van der Waals surface area contributed by atoms with Crippen LogP contribution in [0.15, 0.2) is 60.7 Å². The van der Waals surface area contributed by atoms with Crippen molar-refractivity contribution in [2.24, 2.45) is 7.05 Å². The van der Waals surface area contributed by atoms with Gasteiger partial charge in [0.1, 0.15) is 0 Å². The van der Waals surface area contributed by atoms with Crippen molar-refractivity contribution >= 4 is 17.5 Å². The number of anilines is 1. The van der Waals surface area contributed by atoms with E-state index in [0.29, 0.717) is 25.1 Å². The highest BCUT2D eigenvalue weighted by Crippen LogP contribution is 2.49. The van der Waals surface area contributed by atoms with Crippen LogP contribution >= 0.6 is 0 Å². The van der Waals surface area contributed by atoms with Crippen molar-refractivity contribution in [2.75, 3.05) is 11.9 Å². The lowest BCUT2D eigenvalue weighted by atomic mass is 9.73. The molecule has 0 aliphatic carbocycles. The average Bonchev–Trinajstić information content (AvgIpc) is 3.42. The van der Waals surface area contributed by atoms with Gasteiger partial charge >= 0.3 is 0 Å². The van der Waals surface area contributed by atoms with Crippen LogP contribution in [0.2, 0.25) is 0 Å². The molecule has 2 aliphatic rings. The molecule has 6 nitrogen and oxygen atoms in total. The Bertz CT molecular complexity index is 1130. The number of fused-ring (bicyclic) bond motifs is 2. The van der Waals surface area contributed by atoms with Gasteiger partial charge in [0.15, 0.2) is 5.69 Å². The highest BCUT2D eigenvalue weighted by atomic mass is 16.2. The Morgan fingerprint density at radius 3 is 2.65 bits per heavy atom. The standard InChI is InChI=1S/C25H26N4O2/c1-17-16-21(27-28(17)2)23(30)29-15-14-25(19-10-6-7-11-20(19)26-24(25)31)22(29)13-12-18-8-4-3-5-9-18/h3-11,16,22H,12-15H2,1-2H3,(H,26,31)/t22-,25+/m0/s1. The van der Waals surface area contributed by atoms with Crippen molar-refractivity contribution in [2.45, 2.75) is 37.6 Å². The lowest BCUT2D eigenvalue weighted by molar-refractivity contribution is -0.121. The Hall–Kier alpha value is -3.41. The zero-order chi connectivity index (χ0) is 21.6. The fraction of sp³-hybridized carbons (Fsp3) is 0.320. The molecule has 2 aromatic carbocycles. The number of hydrogen-bond donors (Lipinski definition) is 1. The molecule has 3 aromatic rings. The molecule has 5 rings (SSSR count). The van der Waals surface area contributed by atoms with Crippen LogP contribution in [0.5, 0.6) is 0 Å². The molecule has 3 heterocycles. The number of rotatable bonds is 4. The summed E-state index contributed by atoms with van der Waals surface area (Å²) in [5, 5.41) is 7.48. The van der Waals surface area contributed by atoms with Gasteiger partial charge in [0.05, 0.1) is 11.5 Å². The first kappa shape index (κ1) is 19.5. The van der Waals surface area contributed by atoms with Gasteiger partial charge in [-0.3, -0.25) is 14.3 Å². The Labute approximate surface area is 181 Å². The van der Waals surface area contributed by atoms with E-state index >= 15 is 0 Å². The Morgan fingerprint density at radius 2 is 1.90 bits per heavy atom. The maximum Gasteiger partial charge on any atom is 0.274 e. The van der Waals surface area contributed by atoms with E-state index in [0.717, 1.165) is 23.4 Å². The number of nitrogens with zero attached hydrogens (tertiary/aromatic N) is 3. The molecule has 6 heteroatoms. The molecule has 0 radical (unpaired) electrons. The topological polar surface area (TPSA) is 67.2 Å². The molecule has 2 atom stereocenters. The van der Waals surface area contributed by atoms with E-state index in [1.165, 1.54) is 5.56 Å². The van der Waals surface area contributed by atoms with E-state index in [1.807, 2.05) is 67.4 Å². The van der Waals surface area contributed by atoms with E-state index in [9.17, 15) is 9.59 Å². The van der Waals surface area contributed by atoms with Gasteiger partial charge in [-0.25, -0.2) is 0 Å². The predicted molar refractivity (Wildman–Crippen MR) is 119 cm³/mol. The van der Waals surface area contributed by atoms with E-state index < -0.39 is 5.41 Å². The summed E-state index contributed by atoms with van der Waals surface area (Å²) in [5.74, 6) is -0.102. The van der Waals surface area contributed by atoms with Gasteiger partial charge in [-0.1, -0.05) is 48.5 Å². The lowest BCUT2D eigenvalue weighted by Crippen LogP contribution is -2.49. The summed E-state index contributed by atoms with van der Waals surface area (Å²) >= 11 is 0. The molecule has 0 bridgehead atoms. The van der Waals surface area contributed by atoms with Crippen molar-refractivity contribution in [1.82, 2.24) is 14.7 Å². The molecule has 0 unspecified atom stereocenters. The second-order valence-electron chi connectivity index (χ2n) is 8.55. The summed E-state index contributed by atoms with van der Waals surface area (Å²) < 4.78 is 1.72. The molecule has 2 aliphatic heterocycles. The minimum atomic E-state index is -0.717. The number of carbonyl (C=O) groups is 2. The van der Waals surface area contributed by atoms with Crippen molar-refractivity contribution in [3.8, 4) is 0 Å². The zero-order valence-corrected chi connectivity index (χ0v) is 17.8. The third-order valence-electron chi connectivity index (χ3n) is 6.90. The van der Waals surface area contributed by atoms with Gasteiger partial charge in [0, 0.05) is 25.0 Å². The molecule has 1 aromatic heterocycles. The summed E-state index contributed by atoms with van der Waals surface area (Å²) in [7, 11) is 1.84. The summed E-state index contributed by atoms with van der Waals surface area (Å²) in [6, 6.07) is 19.7. The normalized spacial score (nSPS) is 22.1. The number of carbonyl (C=O) groups excluding carboxylic acids is 2. The molecular weight excluding hydrogens is 388 g/mol. The number of para-hydroxylation sites is 1. The maximum absolute atomic E-state index is 13.5. The molecule has 1 spiro atoms. The van der Waals surface area contributed by atoms with E-state index in [4.69, 9.17) is 0 Å². The quantitative estimate of drug-likeness (QED) is 0.711. The van der Waals surface area contributed by atoms with Crippen LogP contribution in [0.4, 0.5) is 5.69 Å². The van der Waals surface area contributed by atoms with Crippen molar-refractivity contribution in [3.05, 3.63) is 83.2 Å². The molecule has 158 valence electrons. The highest BCUT2D eigenvalue weighted by molar-refractivity contribution is 6.08. The second-order valence-corrected chi connectivity index (χ2v) is 8.55. The van der Waals surface area contributed by atoms with Crippen molar-refractivity contribution in [3.63, 3.8) is 0 Å². The van der Waals surface area contributed by atoms with Crippen molar-refractivity contribution < 1.29 is 9.59 Å². The summed E-state index contributed by atoms with van der Waals surface area (Å²) in [6.45, 7) is 2.47. The van der Waals surface area contributed by atoms with E-state index in [1.54, 1.807) is 4.68 Å². The predicted octanol–water partition coefficient (Wildman–Crippen LogP) is 3.47. The Balaban J connectivity index is 1.54. The molecule has 1 fully saturated rings. The van der Waals surface area contributed by atoms with Gasteiger partial charge in [0.25, 0.3) is 5.91 Å². The third kappa shape index (κ3) is 3.05. The largest absolute Gasteiger partial charge is 0.333 e. The number of nitrogens with one attached hydrogen (secondary N) is 1. The number of hydrogen-bond acceptors (Lipinski definition) is 3. The van der Waals surface area contributed by atoms with Crippen LogP contribution in [0.3, 0.4) is 0 Å². The summed E-state index contributed by atoms with van der Waals surface area (Å²) in [5.41, 5.74) is 3.73. The lowest BCUT2D eigenvalue weighted by Gasteiger charge is -2.34. The minimum absolute atomic E-state index is 0.000682. The molecule has 0 saturated carbocycles. The Morgan fingerprint density at radius 1 is 1.16 bits per heavy atom. The average molecular weight is 415 g/mol. The Kier molecular flexibility index (Phi) is 4.65. The first-order valence-corrected chi connectivity index (χ1v) is 10.8. The first-order chi connectivity index (χ1) is 15.0. The monoisotopic (exact) mass is 414 g/mol. The van der Waals surface area contributed by atoms with E-state index in [2.05, 4.69) is 22.5 Å². The number of likely N-dealkylation sites (tertiary alicyclic amines) is 1. The van der Waals surface area contributed by atoms with E-state index in [-0.39, 0.29) is 17.9 Å². The number of aryl methyl sites for hydroxylation is 3. The number of amides is 2. The molecule has 1 saturated heterocycles. The fourth-order valence-electron chi connectivity index (χ4n) is 5.21. The minimum Gasteiger partial charge on any atom is -0.333 e. The molecule has 31 heavy (non-hydrogen) atoms. The van der Waals surface area contributed by atoms with Crippen LogP contribution in [0.1, 0.15) is 40.2 Å². The highest BCUT2D eigenvalue weighted by Gasteiger charge is 2.58. The third-order valence-corrected chi connectivity index (χ3v) is 6.90. The van der Waals surface area contributed by atoms with Crippen molar-refractivity contribution in [1.29, 1.82) is 0 Å². The smallest absolute Gasteiger partial charge is 0.274 e. The first-order valence-electron chi connectivity index (χ1n) is 10.8. The van der Waals surface area contributed by atoms with Crippen LogP contribution in [0, 0.1) is 6.92 Å². The second kappa shape index (κ2) is 7.38. The maximum atomic E-state index is 13.5. The van der Waals surface area contributed by atoms with Crippen LogP contribution in [-0.2, 0) is 23.7 Å². The summed E-state index contributed by atoms with van der Waals surface area (Å²) in [6.07, 6.45) is 2.13. The SMILES string of the molecule is Cc1cc(C(=O)N2CC[C@]3(C(=O)Nc4ccccc43)[C@@H]2CCc2ccccc2)nn1C. The molecule has 1 N–H and O–H groups in total. The van der Waals surface area contributed by atoms with Gasteiger partial charge in [-0.2, -0.15) is 5.10 Å².